The normalized spacial score (nSPS) is 12.3. The third-order valence-corrected chi connectivity index (χ3v) is 8.30. The first kappa shape index (κ1) is 36.3. The van der Waals surface area contributed by atoms with Gasteiger partial charge in [-0.15, -0.1) is 0 Å². The van der Waals surface area contributed by atoms with Gasteiger partial charge in [0, 0.05) is 26.5 Å². The van der Waals surface area contributed by atoms with Crippen LogP contribution < -0.4 is 3.83 Å². The molecule has 0 amide bonds. The second-order valence-electron chi connectivity index (χ2n) is 8.62. The first-order valence-corrected chi connectivity index (χ1v) is 14.6. The standard InChI is InChI=1S/C15H12Br4O2.C12H18O7/c1-15(2,8-3-5-9(20)6-4-8)12-10(16)7-11(21-19)13(17)14(12)18;1-3-11(15)18-7-9(13)5-17-6-10(14)8-19-12(16)4-2/h3-7,20H,1-2H3;3-4,9-10,13-14H,1-2,5-8H2. The molecule has 2 rings (SSSR count). The molecule has 2 aromatic rings. The number of halogens is 4. The topological polar surface area (TPSA) is 132 Å². The summed E-state index contributed by atoms with van der Waals surface area (Å²) in [5.74, 6) is -0.346. The van der Waals surface area contributed by atoms with Crippen molar-refractivity contribution < 1.29 is 42.9 Å². The van der Waals surface area contributed by atoms with Crippen molar-refractivity contribution in [3.05, 3.63) is 80.2 Å². The van der Waals surface area contributed by atoms with Crippen LogP contribution in [0.25, 0.3) is 0 Å². The van der Waals surface area contributed by atoms with E-state index in [4.69, 9.17) is 8.57 Å². The number of benzene rings is 2. The first-order chi connectivity index (χ1) is 18.8. The molecule has 0 aliphatic heterocycles. The number of rotatable bonds is 13. The molecule has 0 saturated heterocycles. The van der Waals surface area contributed by atoms with Crippen LogP contribution in [0.4, 0.5) is 0 Å². The second-order valence-corrected chi connectivity index (χ2v) is 11.4. The molecule has 40 heavy (non-hydrogen) atoms. The van der Waals surface area contributed by atoms with Crippen LogP contribution in [0.2, 0.25) is 0 Å². The molecule has 0 heterocycles. The highest BCUT2D eigenvalue weighted by molar-refractivity contribution is 9.13. The minimum Gasteiger partial charge on any atom is -0.508 e. The lowest BCUT2D eigenvalue weighted by Gasteiger charge is -2.29. The molecule has 220 valence electrons. The van der Waals surface area contributed by atoms with Crippen LogP contribution >= 0.6 is 64.0 Å². The smallest absolute Gasteiger partial charge is 0.330 e. The Labute approximate surface area is 267 Å². The molecule has 0 spiro atoms. The van der Waals surface area contributed by atoms with Gasteiger partial charge >= 0.3 is 11.9 Å². The van der Waals surface area contributed by atoms with Gasteiger partial charge in [-0.3, -0.25) is 0 Å². The van der Waals surface area contributed by atoms with Gasteiger partial charge in [-0.25, -0.2) is 9.59 Å². The average molecular weight is 818 g/mol. The minimum absolute atomic E-state index is 0.128. The Hall–Kier alpha value is -1.74. The lowest BCUT2D eigenvalue weighted by molar-refractivity contribution is -0.143. The fourth-order valence-electron chi connectivity index (χ4n) is 3.14. The zero-order valence-electron chi connectivity index (χ0n) is 21.7. The Morgan fingerprint density at radius 3 is 1.80 bits per heavy atom. The minimum atomic E-state index is -1.01. The predicted molar refractivity (Wildman–Crippen MR) is 164 cm³/mol. The fraction of sp³-hybridized carbons (Fsp3) is 0.333. The zero-order valence-corrected chi connectivity index (χ0v) is 28.1. The Bertz CT molecular complexity index is 1120. The molecule has 0 bridgehead atoms. The summed E-state index contributed by atoms with van der Waals surface area (Å²) >= 11 is 13.8. The molecule has 0 saturated carbocycles. The highest BCUT2D eigenvalue weighted by Crippen LogP contribution is 2.47. The summed E-state index contributed by atoms with van der Waals surface area (Å²) in [5.41, 5.74) is 1.92. The van der Waals surface area contributed by atoms with Gasteiger partial charge in [0.15, 0.2) is 22.0 Å². The molecule has 0 aromatic heterocycles. The van der Waals surface area contributed by atoms with Crippen molar-refractivity contribution in [2.24, 2.45) is 0 Å². The van der Waals surface area contributed by atoms with Crippen molar-refractivity contribution in [3.8, 4) is 11.5 Å². The van der Waals surface area contributed by atoms with E-state index in [9.17, 15) is 24.9 Å². The number of carbonyl (C=O) groups is 2. The largest absolute Gasteiger partial charge is 0.508 e. The van der Waals surface area contributed by atoms with Crippen LogP contribution in [0.3, 0.4) is 0 Å². The third kappa shape index (κ3) is 11.6. The van der Waals surface area contributed by atoms with Gasteiger partial charge in [-0.05, 0) is 61.2 Å². The van der Waals surface area contributed by atoms with Crippen molar-refractivity contribution >= 4 is 76.0 Å². The van der Waals surface area contributed by atoms with E-state index in [1.54, 1.807) is 12.1 Å². The summed E-state index contributed by atoms with van der Waals surface area (Å²) in [6.07, 6.45) is -0.0602. The van der Waals surface area contributed by atoms with Crippen molar-refractivity contribution in [2.45, 2.75) is 31.5 Å². The lowest BCUT2D eigenvalue weighted by Crippen LogP contribution is -2.28. The van der Waals surface area contributed by atoms with E-state index in [-0.39, 0.29) is 37.6 Å². The fourth-order valence-corrected chi connectivity index (χ4v) is 6.07. The summed E-state index contributed by atoms with van der Waals surface area (Å²) < 4.78 is 22.0. The molecule has 3 N–H and O–H groups in total. The second kappa shape index (κ2) is 17.9. The van der Waals surface area contributed by atoms with Crippen LogP contribution in [-0.2, 0) is 29.2 Å². The van der Waals surface area contributed by atoms with Gasteiger partial charge in [-0.2, -0.15) is 0 Å². The van der Waals surface area contributed by atoms with Gasteiger partial charge in [-0.1, -0.05) is 55.1 Å². The Balaban J connectivity index is 0.000000403. The van der Waals surface area contributed by atoms with Gasteiger partial charge in [0.2, 0.25) is 0 Å². The number of hydrogen-bond donors (Lipinski definition) is 3. The Kier molecular flexibility index (Phi) is 16.3. The van der Waals surface area contributed by atoms with Crippen LogP contribution in [0.1, 0.15) is 25.0 Å². The van der Waals surface area contributed by atoms with E-state index in [2.05, 4.69) is 101 Å². The molecule has 0 fully saturated rings. The van der Waals surface area contributed by atoms with E-state index < -0.39 is 24.1 Å². The number of phenolic OH excluding ortho intramolecular Hbond substituents is 1. The summed E-state index contributed by atoms with van der Waals surface area (Å²) in [5, 5.41) is 28.2. The summed E-state index contributed by atoms with van der Waals surface area (Å²) in [7, 11) is 0. The quantitative estimate of drug-likeness (QED) is 0.129. The number of carbonyl (C=O) groups excluding carboxylic acids is 2. The molecule has 2 atom stereocenters. The highest BCUT2D eigenvalue weighted by atomic mass is 79.9. The van der Waals surface area contributed by atoms with Crippen LogP contribution in [-0.4, -0.2) is 65.9 Å². The van der Waals surface area contributed by atoms with E-state index in [1.807, 2.05) is 18.2 Å². The van der Waals surface area contributed by atoms with Crippen molar-refractivity contribution in [1.82, 2.24) is 0 Å². The molecular weight excluding hydrogens is 788 g/mol. The number of ether oxygens (including phenoxy) is 3. The SMILES string of the molecule is C=CC(=O)OCC(O)COCC(O)COC(=O)C=C.CC(C)(c1ccc(O)cc1)c1c(Br)cc(OBr)c(Br)c1Br. The molecular formula is C27H30Br4O9. The van der Waals surface area contributed by atoms with Gasteiger partial charge < -0.3 is 33.4 Å². The average Bonchev–Trinajstić information content (AvgIpc) is 2.92. The number of phenols is 1. The molecule has 0 aliphatic rings. The number of hydrogen-bond acceptors (Lipinski definition) is 9. The molecule has 9 nitrogen and oxygen atoms in total. The lowest BCUT2D eigenvalue weighted by atomic mass is 9.78. The summed E-state index contributed by atoms with van der Waals surface area (Å²) in [6.45, 7) is 9.94. The Morgan fingerprint density at radius 1 is 0.900 bits per heavy atom. The van der Waals surface area contributed by atoms with Crippen molar-refractivity contribution in [3.63, 3.8) is 0 Å². The van der Waals surface area contributed by atoms with Crippen LogP contribution in [0.5, 0.6) is 11.5 Å². The first-order valence-electron chi connectivity index (χ1n) is 11.6. The monoisotopic (exact) mass is 814 g/mol. The third-order valence-electron chi connectivity index (χ3n) is 5.21. The van der Waals surface area contributed by atoms with Crippen molar-refractivity contribution in [1.29, 1.82) is 0 Å². The highest BCUT2D eigenvalue weighted by Gasteiger charge is 2.30. The van der Waals surface area contributed by atoms with Gasteiger partial charge in [0.05, 0.1) is 17.7 Å². The van der Waals surface area contributed by atoms with Gasteiger partial charge in [0.25, 0.3) is 0 Å². The number of aliphatic hydroxyl groups is 2. The zero-order chi connectivity index (χ0) is 30.5. The predicted octanol–water partition coefficient (Wildman–Crippen LogP) is 5.88. The maximum absolute atomic E-state index is 10.7. The van der Waals surface area contributed by atoms with E-state index in [0.717, 1.165) is 36.7 Å². The Morgan fingerprint density at radius 2 is 1.38 bits per heavy atom. The maximum Gasteiger partial charge on any atom is 0.330 e. The van der Waals surface area contributed by atoms with Crippen molar-refractivity contribution in [2.75, 3.05) is 26.4 Å². The van der Waals surface area contributed by atoms with E-state index >= 15 is 0 Å². The summed E-state index contributed by atoms with van der Waals surface area (Å²) in [6, 6.07) is 9.16. The summed E-state index contributed by atoms with van der Waals surface area (Å²) in [4.78, 5) is 21.4. The molecule has 13 heteroatoms. The molecule has 0 radical (unpaired) electrons. The van der Waals surface area contributed by atoms with Crippen LogP contribution in [0.15, 0.2) is 69.1 Å². The van der Waals surface area contributed by atoms with Gasteiger partial charge in [0.1, 0.15) is 31.2 Å². The molecule has 2 unspecified atom stereocenters. The maximum atomic E-state index is 10.7. The molecule has 2 aromatic carbocycles. The number of esters is 2. The number of aliphatic hydroxyl groups excluding tert-OH is 2. The number of aromatic hydroxyl groups is 1. The van der Waals surface area contributed by atoms with Crippen LogP contribution in [0, 0.1) is 0 Å². The van der Waals surface area contributed by atoms with E-state index in [1.165, 1.54) is 0 Å². The van der Waals surface area contributed by atoms with E-state index in [0.29, 0.717) is 5.75 Å². The molecule has 0 aliphatic carbocycles.